The van der Waals surface area contributed by atoms with E-state index in [2.05, 4.69) is 41.9 Å². The van der Waals surface area contributed by atoms with Gasteiger partial charge in [0, 0.05) is 66.0 Å². The van der Waals surface area contributed by atoms with Gasteiger partial charge in [-0.3, -0.25) is 24.0 Å². The second-order valence-electron chi connectivity index (χ2n) is 18.5. The summed E-state index contributed by atoms with van der Waals surface area (Å²) in [4.78, 5) is 77.3. The molecule has 6 atom stereocenters. The predicted octanol–water partition coefficient (Wildman–Crippen LogP) is 4.69. The number of nitrogens with two attached hydrogens (primary N) is 1. The Morgan fingerprint density at radius 1 is 0.529 bits per heavy atom. The first-order valence-corrected chi connectivity index (χ1v) is 23.5. The van der Waals surface area contributed by atoms with Gasteiger partial charge in [0.2, 0.25) is 29.5 Å². The highest BCUT2D eigenvalue weighted by Crippen LogP contribution is 2.22. The van der Waals surface area contributed by atoms with Crippen molar-refractivity contribution >= 4 is 51.3 Å². The van der Waals surface area contributed by atoms with Gasteiger partial charge in [0.25, 0.3) is 0 Å². The highest BCUT2D eigenvalue weighted by molar-refractivity contribution is 5.96. The third-order valence-corrected chi connectivity index (χ3v) is 12.2. The Morgan fingerprint density at radius 3 is 1.47 bits per heavy atom. The predicted molar refractivity (Wildman–Crippen MR) is 266 cm³/mol. The Bertz CT molecular complexity index is 2610. The Morgan fingerprint density at radius 2 is 0.971 bits per heavy atom. The standard InChI is InChI=1S/C53H67N9O6/c1-32(2)23-38(31-58-44(49(54)64)24-33(3)4)59-51(66)47(27-36-29-56-42-17-11-9-15-40(36)42)62-52(67)46(26-35-19-21-39(63)22-20-35)60-53(68)48(28-37-30-57-43-18-12-10-16-41(37)43)61-50(65)45(55-5)25-34-13-7-6-8-14-34/h6-22,29-30,32-33,38,44-48,55-58,63H,23-28,31H2,1-5H3,(H2,54,64)(H,59,66)(H,60,68)(H,61,65)(H,62,67)/t38-,44-,45+,46-,47+,48+/m0/s1. The van der Waals surface area contributed by atoms with Gasteiger partial charge in [-0.25, -0.2) is 0 Å². The maximum atomic E-state index is 14.9. The lowest BCUT2D eigenvalue weighted by molar-refractivity contribution is -0.134. The normalized spacial score (nSPS) is 14.2. The molecule has 0 aliphatic rings. The first kappa shape index (κ1) is 50.4. The van der Waals surface area contributed by atoms with Crippen molar-refractivity contribution in [3.63, 3.8) is 0 Å². The fourth-order valence-electron chi connectivity index (χ4n) is 8.65. The van der Waals surface area contributed by atoms with E-state index >= 15 is 0 Å². The number of carbonyl (C=O) groups is 5. The van der Waals surface area contributed by atoms with E-state index in [9.17, 15) is 29.1 Å². The zero-order chi connectivity index (χ0) is 48.7. The number of H-pyrrole nitrogens is 2. The first-order chi connectivity index (χ1) is 32.7. The van der Waals surface area contributed by atoms with Gasteiger partial charge in [-0.05, 0) is 84.7 Å². The molecule has 0 fully saturated rings. The second-order valence-corrected chi connectivity index (χ2v) is 18.5. The van der Waals surface area contributed by atoms with Crippen molar-refractivity contribution in [1.29, 1.82) is 0 Å². The molecule has 360 valence electrons. The highest BCUT2D eigenvalue weighted by atomic mass is 16.3. The van der Waals surface area contributed by atoms with Crippen molar-refractivity contribution in [1.82, 2.24) is 41.9 Å². The van der Waals surface area contributed by atoms with E-state index in [1.54, 1.807) is 19.2 Å². The zero-order valence-corrected chi connectivity index (χ0v) is 39.6. The van der Waals surface area contributed by atoms with Crippen LogP contribution < -0.4 is 37.6 Å². The molecular weight excluding hydrogens is 859 g/mol. The molecule has 0 aliphatic heterocycles. The Labute approximate surface area is 398 Å². The van der Waals surface area contributed by atoms with Crippen molar-refractivity contribution in [2.45, 2.75) is 102 Å². The third-order valence-electron chi connectivity index (χ3n) is 12.2. The van der Waals surface area contributed by atoms with Gasteiger partial charge in [-0.15, -0.1) is 0 Å². The number of phenolic OH excluding ortho intramolecular Hbond substituents is 1. The van der Waals surface area contributed by atoms with Gasteiger partial charge >= 0.3 is 0 Å². The molecule has 0 saturated carbocycles. The molecule has 0 bridgehead atoms. The van der Waals surface area contributed by atoms with Gasteiger partial charge in [-0.2, -0.15) is 0 Å². The summed E-state index contributed by atoms with van der Waals surface area (Å²) in [6.07, 6.45) is 5.29. The molecule has 11 N–H and O–H groups in total. The van der Waals surface area contributed by atoms with Crippen molar-refractivity contribution in [3.05, 3.63) is 138 Å². The molecule has 0 unspecified atom stereocenters. The maximum absolute atomic E-state index is 14.9. The fraction of sp³-hybridized carbons (Fsp3) is 0.377. The lowest BCUT2D eigenvalue weighted by atomic mass is 9.99. The van der Waals surface area contributed by atoms with E-state index in [0.717, 1.165) is 38.5 Å². The molecule has 0 saturated heterocycles. The van der Waals surface area contributed by atoms with Crippen LogP contribution in [-0.2, 0) is 49.7 Å². The van der Waals surface area contributed by atoms with Crippen LogP contribution in [-0.4, -0.2) is 94.5 Å². The molecule has 5 amide bonds. The van der Waals surface area contributed by atoms with Crippen LogP contribution in [0.15, 0.2) is 116 Å². The Balaban J connectivity index is 1.31. The van der Waals surface area contributed by atoms with Gasteiger partial charge < -0.3 is 52.7 Å². The van der Waals surface area contributed by atoms with Crippen LogP contribution in [0.4, 0.5) is 0 Å². The van der Waals surface area contributed by atoms with Crippen LogP contribution >= 0.6 is 0 Å². The van der Waals surface area contributed by atoms with E-state index < -0.39 is 65.8 Å². The lowest BCUT2D eigenvalue weighted by Gasteiger charge is -2.28. The fourth-order valence-corrected chi connectivity index (χ4v) is 8.65. The summed E-state index contributed by atoms with van der Waals surface area (Å²) in [5.74, 6) is -2.17. The number of phenols is 1. The summed E-state index contributed by atoms with van der Waals surface area (Å²) in [6.45, 7) is 8.36. The number of benzene rings is 4. The number of likely N-dealkylation sites (N-methyl/N-ethyl adjacent to an activating group) is 1. The summed E-state index contributed by atoms with van der Waals surface area (Å²) in [5, 5.41) is 30.4. The first-order valence-electron chi connectivity index (χ1n) is 23.5. The van der Waals surface area contributed by atoms with Crippen LogP contribution in [0, 0.1) is 11.8 Å². The van der Waals surface area contributed by atoms with Crippen molar-refractivity contribution < 1.29 is 29.1 Å². The Hall–Kier alpha value is -6.97. The molecule has 15 heteroatoms. The minimum Gasteiger partial charge on any atom is -0.508 e. The number of aromatic amines is 2. The summed E-state index contributed by atoms with van der Waals surface area (Å²) >= 11 is 0. The number of primary amides is 1. The topological polar surface area (TPSA) is 235 Å². The van der Waals surface area contributed by atoms with E-state index in [4.69, 9.17) is 5.73 Å². The van der Waals surface area contributed by atoms with Crippen LogP contribution in [0.5, 0.6) is 5.75 Å². The number of hydrogen-bond donors (Lipinski definition) is 10. The number of amides is 5. The molecular formula is C53H67N9O6. The number of aromatic hydroxyl groups is 1. The number of para-hydroxylation sites is 2. The van der Waals surface area contributed by atoms with Crippen molar-refractivity contribution in [2.75, 3.05) is 13.6 Å². The van der Waals surface area contributed by atoms with Gasteiger partial charge in [0.15, 0.2) is 0 Å². The number of hydrogen-bond acceptors (Lipinski definition) is 8. The minimum absolute atomic E-state index is 0.00950. The minimum atomic E-state index is -1.24. The second kappa shape index (κ2) is 24.2. The number of rotatable bonds is 25. The molecule has 6 rings (SSSR count). The van der Waals surface area contributed by atoms with Gasteiger partial charge in [0.1, 0.15) is 23.9 Å². The quantitative estimate of drug-likeness (QED) is 0.0386. The molecule has 0 radical (unpaired) electrons. The molecule has 0 aliphatic carbocycles. The molecule has 0 spiro atoms. The SMILES string of the molecule is CN[C@H](Cc1ccccc1)C(=O)N[C@H](Cc1c[nH]c2ccccc12)C(=O)N[C@@H](Cc1ccc(O)cc1)C(=O)N[C@H](Cc1c[nH]c2ccccc12)C(=O)N[C@H](CN[C@@H](CC(C)C)C(N)=O)CC(C)C. The third kappa shape index (κ3) is 14.3. The smallest absolute Gasteiger partial charge is 0.243 e. The van der Waals surface area contributed by atoms with Crippen LogP contribution in [0.1, 0.15) is 62.8 Å². The van der Waals surface area contributed by atoms with E-state index in [-0.39, 0.29) is 43.4 Å². The summed E-state index contributed by atoms with van der Waals surface area (Å²) in [5.41, 5.74) is 10.6. The van der Waals surface area contributed by atoms with Gasteiger partial charge in [-0.1, -0.05) is 107 Å². The van der Waals surface area contributed by atoms with Crippen molar-refractivity contribution in [3.8, 4) is 5.75 Å². The molecule has 68 heavy (non-hydrogen) atoms. The number of fused-ring (bicyclic) bond motifs is 2. The molecule has 4 aromatic carbocycles. The summed E-state index contributed by atoms with van der Waals surface area (Å²) in [6, 6.07) is 26.0. The molecule has 2 heterocycles. The zero-order valence-electron chi connectivity index (χ0n) is 39.6. The number of nitrogens with one attached hydrogen (secondary N) is 8. The molecule has 15 nitrogen and oxygen atoms in total. The maximum Gasteiger partial charge on any atom is 0.243 e. The van der Waals surface area contributed by atoms with E-state index in [1.165, 1.54) is 12.1 Å². The monoisotopic (exact) mass is 926 g/mol. The van der Waals surface area contributed by atoms with Crippen LogP contribution in [0.2, 0.25) is 0 Å². The van der Waals surface area contributed by atoms with Crippen molar-refractivity contribution in [2.24, 2.45) is 17.6 Å². The Kier molecular flexibility index (Phi) is 17.9. The number of aromatic nitrogens is 2. The molecule has 2 aromatic heterocycles. The summed E-state index contributed by atoms with van der Waals surface area (Å²) in [7, 11) is 1.69. The number of carbonyl (C=O) groups excluding carboxylic acids is 5. The van der Waals surface area contributed by atoms with Crippen LogP contribution in [0.3, 0.4) is 0 Å². The molecule has 6 aromatic rings. The summed E-state index contributed by atoms with van der Waals surface area (Å²) < 4.78 is 0. The van der Waals surface area contributed by atoms with Gasteiger partial charge in [0.05, 0.1) is 12.1 Å². The van der Waals surface area contributed by atoms with E-state index in [1.807, 2.05) is 119 Å². The largest absolute Gasteiger partial charge is 0.508 e. The highest BCUT2D eigenvalue weighted by Gasteiger charge is 2.33. The van der Waals surface area contributed by atoms with Crippen LogP contribution in [0.25, 0.3) is 21.8 Å². The van der Waals surface area contributed by atoms with E-state index in [0.29, 0.717) is 24.8 Å². The lowest BCUT2D eigenvalue weighted by Crippen LogP contribution is -2.60. The average molecular weight is 926 g/mol. The average Bonchev–Trinajstić information content (AvgIpc) is 3.93.